The molecule has 5 atom stereocenters. The summed E-state index contributed by atoms with van der Waals surface area (Å²) in [7, 11) is 0. The highest BCUT2D eigenvalue weighted by Gasteiger charge is 2.62. The molecule has 2 aliphatic carbocycles. The SMILES string of the molecule is CC(=O)O[C@H]1C[C@](C)(O)[C@@H](CC/C(C)=C/C(=O)O)[C@]2(C)CCCC(C)(C)[C@H]12. The second-order valence-corrected chi connectivity index (χ2v) is 9.95. The van der Waals surface area contributed by atoms with Crippen molar-refractivity contribution in [2.45, 2.75) is 91.8 Å². The molecule has 0 saturated heterocycles. The number of rotatable bonds is 5. The molecule has 0 amide bonds. The van der Waals surface area contributed by atoms with Crippen molar-refractivity contribution in [1.29, 1.82) is 0 Å². The summed E-state index contributed by atoms with van der Waals surface area (Å²) in [5.74, 6) is -1.02. The summed E-state index contributed by atoms with van der Waals surface area (Å²) in [6, 6.07) is 0. The van der Waals surface area contributed by atoms with Crippen LogP contribution in [0.15, 0.2) is 11.6 Å². The van der Waals surface area contributed by atoms with Crippen molar-refractivity contribution in [3.63, 3.8) is 0 Å². The van der Waals surface area contributed by atoms with Crippen LogP contribution in [-0.2, 0) is 14.3 Å². The van der Waals surface area contributed by atoms with E-state index in [0.717, 1.165) is 31.3 Å². The van der Waals surface area contributed by atoms with E-state index in [9.17, 15) is 14.7 Å². The molecule has 0 bridgehead atoms. The second-order valence-electron chi connectivity index (χ2n) is 9.95. The van der Waals surface area contributed by atoms with Crippen LogP contribution < -0.4 is 0 Å². The van der Waals surface area contributed by atoms with Gasteiger partial charge in [-0.2, -0.15) is 0 Å². The maximum atomic E-state index is 11.7. The Morgan fingerprint density at radius 1 is 1.15 bits per heavy atom. The molecule has 2 rings (SSSR count). The molecule has 0 spiro atoms. The highest BCUT2D eigenvalue weighted by Crippen LogP contribution is 2.63. The van der Waals surface area contributed by atoms with Crippen LogP contribution >= 0.6 is 0 Å². The third-order valence-electron chi connectivity index (χ3n) is 7.14. The molecule has 0 aromatic heterocycles. The number of aliphatic hydroxyl groups is 1. The van der Waals surface area contributed by atoms with Crippen LogP contribution in [0.1, 0.15) is 80.1 Å². The molecule has 27 heavy (non-hydrogen) atoms. The zero-order valence-electron chi connectivity index (χ0n) is 17.7. The lowest BCUT2D eigenvalue weighted by Crippen LogP contribution is -2.63. The molecule has 0 heterocycles. The van der Waals surface area contributed by atoms with Crippen LogP contribution in [0.3, 0.4) is 0 Å². The van der Waals surface area contributed by atoms with Gasteiger partial charge in [0.05, 0.1) is 5.60 Å². The fourth-order valence-electron chi connectivity index (χ4n) is 6.44. The summed E-state index contributed by atoms with van der Waals surface area (Å²) >= 11 is 0. The van der Waals surface area contributed by atoms with Crippen molar-refractivity contribution in [2.24, 2.45) is 22.7 Å². The third-order valence-corrected chi connectivity index (χ3v) is 7.14. The fourth-order valence-corrected chi connectivity index (χ4v) is 6.44. The van der Waals surface area contributed by atoms with Crippen LogP contribution in [-0.4, -0.2) is 33.9 Å². The van der Waals surface area contributed by atoms with Crippen molar-refractivity contribution in [1.82, 2.24) is 0 Å². The van der Waals surface area contributed by atoms with Gasteiger partial charge >= 0.3 is 11.9 Å². The molecule has 2 N–H and O–H groups in total. The number of carbonyl (C=O) groups is 2. The first-order valence-electron chi connectivity index (χ1n) is 10.1. The molecule has 0 radical (unpaired) electrons. The number of ether oxygens (including phenoxy) is 1. The average Bonchev–Trinajstić information content (AvgIpc) is 2.42. The van der Waals surface area contributed by atoms with Crippen molar-refractivity contribution in [3.05, 3.63) is 11.6 Å². The predicted molar refractivity (Wildman–Crippen MR) is 104 cm³/mol. The number of fused-ring (bicyclic) bond motifs is 1. The zero-order valence-corrected chi connectivity index (χ0v) is 17.7. The molecule has 2 aliphatic rings. The van der Waals surface area contributed by atoms with Crippen LogP contribution in [0.4, 0.5) is 0 Å². The molecule has 2 fully saturated rings. The Bertz CT molecular complexity index is 618. The third kappa shape index (κ3) is 4.56. The smallest absolute Gasteiger partial charge is 0.328 e. The van der Waals surface area contributed by atoms with Crippen molar-refractivity contribution in [3.8, 4) is 0 Å². The first kappa shape index (κ1) is 21.9. The maximum absolute atomic E-state index is 11.7. The Labute approximate surface area is 163 Å². The molecule has 2 saturated carbocycles. The first-order chi connectivity index (χ1) is 12.3. The van der Waals surface area contributed by atoms with E-state index in [0.29, 0.717) is 12.8 Å². The first-order valence-corrected chi connectivity index (χ1v) is 10.1. The molecule has 154 valence electrons. The topological polar surface area (TPSA) is 83.8 Å². The molecule has 5 nitrogen and oxygen atoms in total. The van der Waals surface area contributed by atoms with Gasteiger partial charge in [-0.1, -0.05) is 32.8 Å². The van der Waals surface area contributed by atoms with Gasteiger partial charge in [0, 0.05) is 25.3 Å². The largest absolute Gasteiger partial charge is 0.478 e. The molecular formula is C22H36O5. The van der Waals surface area contributed by atoms with Crippen LogP contribution in [0, 0.1) is 22.7 Å². The van der Waals surface area contributed by atoms with Crippen LogP contribution in [0.2, 0.25) is 0 Å². The van der Waals surface area contributed by atoms with E-state index < -0.39 is 11.6 Å². The van der Waals surface area contributed by atoms with Gasteiger partial charge in [-0.15, -0.1) is 0 Å². The molecule has 0 aromatic carbocycles. The fraction of sp³-hybridized carbons (Fsp3) is 0.818. The van der Waals surface area contributed by atoms with Gasteiger partial charge in [-0.3, -0.25) is 4.79 Å². The summed E-state index contributed by atoms with van der Waals surface area (Å²) in [6.07, 6.45) is 5.94. The number of aliphatic carboxylic acids is 1. The van der Waals surface area contributed by atoms with E-state index in [1.165, 1.54) is 13.0 Å². The standard InChI is InChI=1S/C22H36O5/c1-14(12-18(24)25)8-9-17-21(5)11-7-10-20(3,4)19(21)16(27-15(2)23)13-22(17,6)26/h12,16-17,19,26H,7-11,13H2,1-6H3,(H,24,25)/b14-12+/t16-,17-,19-,21-,22-/m0/s1. The Morgan fingerprint density at radius 2 is 1.78 bits per heavy atom. The van der Waals surface area contributed by atoms with E-state index >= 15 is 0 Å². The number of hydrogen-bond acceptors (Lipinski definition) is 4. The van der Waals surface area contributed by atoms with Gasteiger partial charge < -0.3 is 14.9 Å². The lowest BCUT2D eigenvalue weighted by molar-refractivity contribution is -0.224. The van der Waals surface area contributed by atoms with Gasteiger partial charge in [0.15, 0.2) is 0 Å². The predicted octanol–water partition coefficient (Wildman–Crippen LogP) is 4.33. The Balaban J connectivity index is 2.39. The minimum absolute atomic E-state index is 0.0216. The summed E-state index contributed by atoms with van der Waals surface area (Å²) in [5, 5.41) is 20.3. The monoisotopic (exact) mass is 380 g/mol. The van der Waals surface area contributed by atoms with Crippen molar-refractivity contribution in [2.75, 3.05) is 0 Å². The summed E-state index contributed by atoms with van der Waals surface area (Å²) in [6.45, 7) is 11.9. The van der Waals surface area contributed by atoms with Gasteiger partial charge in [0.2, 0.25) is 0 Å². The molecule has 0 unspecified atom stereocenters. The molecule has 0 aliphatic heterocycles. The number of carboxylic acid groups (broad SMARTS) is 1. The zero-order chi connectivity index (χ0) is 20.6. The molecule has 0 aromatic rings. The highest BCUT2D eigenvalue weighted by atomic mass is 16.5. The number of carboxylic acids is 1. The lowest BCUT2D eigenvalue weighted by atomic mass is 9.44. The van der Waals surface area contributed by atoms with Gasteiger partial charge in [-0.25, -0.2) is 4.79 Å². The molecule has 5 heteroatoms. The van der Waals surface area contributed by atoms with Crippen LogP contribution in [0.5, 0.6) is 0 Å². The van der Waals surface area contributed by atoms with E-state index in [1.807, 2.05) is 13.8 Å². The van der Waals surface area contributed by atoms with Gasteiger partial charge in [-0.05, 0) is 56.3 Å². The van der Waals surface area contributed by atoms with E-state index in [-0.39, 0.29) is 34.7 Å². The maximum Gasteiger partial charge on any atom is 0.328 e. The van der Waals surface area contributed by atoms with Crippen LogP contribution in [0.25, 0.3) is 0 Å². The minimum Gasteiger partial charge on any atom is -0.478 e. The number of esters is 1. The Hall–Kier alpha value is -1.36. The van der Waals surface area contributed by atoms with E-state index in [2.05, 4.69) is 20.8 Å². The molecular weight excluding hydrogens is 344 g/mol. The second kappa shape index (κ2) is 7.57. The van der Waals surface area contributed by atoms with Gasteiger partial charge in [0.1, 0.15) is 6.10 Å². The number of hydrogen-bond donors (Lipinski definition) is 2. The summed E-state index contributed by atoms with van der Waals surface area (Å²) < 4.78 is 5.74. The number of carbonyl (C=O) groups excluding carboxylic acids is 1. The number of allylic oxidation sites excluding steroid dienone is 1. The average molecular weight is 381 g/mol. The van der Waals surface area contributed by atoms with Gasteiger partial charge in [0.25, 0.3) is 0 Å². The van der Waals surface area contributed by atoms with Crippen molar-refractivity contribution < 1.29 is 24.5 Å². The quantitative estimate of drug-likeness (QED) is 0.548. The minimum atomic E-state index is -0.956. The normalized spacial score (nSPS) is 38.8. The lowest BCUT2D eigenvalue weighted by Gasteiger charge is -2.63. The van der Waals surface area contributed by atoms with E-state index in [1.54, 1.807) is 0 Å². The summed E-state index contributed by atoms with van der Waals surface area (Å²) in [4.78, 5) is 22.7. The Morgan fingerprint density at radius 3 is 2.33 bits per heavy atom. The van der Waals surface area contributed by atoms with Crippen molar-refractivity contribution >= 4 is 11.9 Å². The highest BCUT2D eigenvalue weighted by molar-refractivity contribution is 5.80. The van der Waals surface area contributed by atoms with E-state index in [4.69, 9.17) is 9.84 Å². The Kier molecular flexibility index (Phi) is 6.15. The summed E-state index contributed by atoms with van der Waals surface area (Å²) in [5.41, 5.74) is -0.279.